The molecule has 0 saturated heterocycles. The summed E-state index contributed by atoms with van der Waals surface area (Å²) in [5.74, 6) is -0.183. The highest BCUT2D eigenvalue weighted by Gasteiger charge is 2.21. The number of ether oxygens (including phenoxy) is 2. The summed E-state index contributed by atoms with van der Waals surface area (Å²) in [5, 5.41) is 2.79. The van der Waals surface area contributed by atoms with Gasteiger partial charge in [-0.1, -0.05) is 6.07 Å². The van der Waals surface area contributed by atoms with Crippen LogP contribution in [0.4, 0.5) is 10.5 Å². The van der Waals surface area contributed by atoms with E-state index in [4.69, 9.17) is 9.47 Å². The van der Waals surface area contributed by atoms with Gasteiger partial charge in [-0.25, -0.2) is 4.79 Å². The lowest BCUT2D eigenvalue weighted by atomic mass is 9.99. The van der Waals surface area contributed by atoms with E-state index < -0.39 is 0 Å². The van der Waals surface area contributed by atoms with Crippen molar-refractivity contribution in [3.8, 4) is 0 Å². The second kappa shape index (κ2) is 7.08. The molecule has 2 rings (SSSR count). The molecule has 0 aromatic heterocycles. The Bertz CT molecular complexity index is 530. The molecule has 1 aromatic rings. The van der Waals surface area contributed by atoms with Crippen LogP contribution >= 0.6 is 0 Å². The van der Waals surface area contributed by atoms with Gasteiger partial charge in [-0.3, -0.25) is 4.79 Å². The maximum Gasteiger partial charge on any atom is 0.409 e. The van der Waals surface area contributed by atoms with Crippen LogP contribution < -0.4 is 5.32 Å². The number of fused-ring (bicyclic) bond motifs is 1. The Morgan fingerprint density at radius 2 is 2.14 bits per heavy atom. The lowest BCUT2D eigenvalue weighted by molar-refractivity contribution is -0.120. The molecule has 2 amide bonds. The summed E-state index contributed by atoms with van der Waals surface area (Å²) in [7, 11) is 1.38. The molecule has 6 heteroatoms. The Balaban J connectivity index is 2.04. The molecule has 114 valence electrons. The Morgan fingerprint density at radius 3 is 2.86 bits per heavy atom. The number of methoxy groups -OCH3 is 1. The molecule has 0 fully saturated rings. The molecule has 1 aromatic carbocycles. The topological polar surface area (TPSA) is 67.9 Å². The highest BCUT2D eigenvalue weighted by atomic mass is 16.5. The van der Waals surface area contributed by atoms with E-state index in [9.17, 15) is 9.59 Å². The molecule has 6 nitrogen and oxygen atoms in total. The van der Waals surface area contributed by atoms with Crippen LogP contribution in [0.15, 0.2) is 18.2 Å². The van der Waals surface area contributed by atoms with Crippen LogP contribution in [0, 0.1) is 0 Å². The second-order valence-corrected chi connectivity index (χ2v) is 4.81. The fourth-order valence-corrected chi connectivity index (χ4v) is 2.31. The second-order valence-electron chi connectivity index (χ2n) is 4.81. The van der Waals surface area contributed by atoms with E-state index in [0.717, 1.165) is 12.0 Å². The maximum atomic E-state index is 11.6. The fraction of sp³-hybridized carbons (Fsp3) is 0.467. The average Bonchev–Trinajstić information content (AvgIpc) is 2.51. The Labute approximate surface area is 124 Å². The van der Waals surface area contributed by atoms with Gasteiger partial charge in [0, 0.05) is 25.4 Å². The van der Waals surface area contributed by atoms with Gasteiger partial charge < -0.3 is 19.7 Å². The van der Waals surface area contributed by atoms with Crippen molar-refractivity contribution in [2.75, 3.05) is 32.2 Å². The smallest absolute Gasteiger partial charge is 0.409 e. The minimum atomic E-state index is -0.327. The van der Waals surface area contributed by atoms with E-state index in [0.29, 0.717) is 25.4 Å². The number of hydrogen-bond acceptors (Lipinski definition) is 4. The number of carbonyl (C=O) groups excluding carboxylic acids is 2. The highest BCUT2D eigenvalue weighted by Crippen LogP contribution is 2.23. The van der Waals surface area contributed by atoms with E-state index in [2.05, 4.69) is 5.32 Å². The number of nitrogens with zero attached hydrogens (tertiary/aromatic N) is 1. The zero-order valence-corrected chi connectivity index (χ0v) is 12.3. The summed E-state index contributed by atoms with van der Waals surface area (Å²) in [5.41, 5.74) is 2.93. The van der Waals surface area contributed by atoms with Gasteiger partial charge in [0.1, 0.15) is 6.61 Å². The van der Waals surface area contributed by atoms with E-state index in [-0.39, 0.29) is 18.6 Å². The molecule has 1 N–H and O–H groups in total. The van der Waals surface area contributed by atoms with E-state index in [1.54, 1.807) is 4.90 Å². The summed E-state index contributed by atoms with van der Waals surface area (Å²) < 4.78 is 9.81. The van der Waals surface area contributed by atoms with Crippen LogP contribution in [0.5, 0.6) is 0 Å². The Kier molecular flexibility index (Phi) is 5.16. The summed E-state index contributed by atoms with van der Waals surface area (Å²) in [4.78, 5) is 24.9. The summed E-state index contributed by atoms with van der Waals surface area (Å²) >= 11 is 0. The standard InChI is InChI=1S/C15H20N2O4/c1-3-21-10-14(18)16-13-5-4-11-6-7-17(15(19)20-2)9-12(11)8-13/h4-5,8H,3,6-7,9-10H2,1-2H3,(H,16,18). The van der Waals surface area contributed by atoms with Crippen molar-refractivity contribution in [1.29, 1.82) is 0 Å². The third kappa shape index (κ3) is 3.95. The average molecular weight is 292 g/mol. The fourth-order valence-electron chi connectivity index (χ4n) is 2.31. The normalized spacial score (nSPS) is 13.5. The molecule has 0 bridgehead atoms. The van der Waals surface area contributed by atoms with Crippen molar-refractivity contribution in [3.05, 3.63) is 29.3 Å². The van der Waals surface area contributed by atoms with Crippen LogP contribution in [0.2, 0.25) is 0 Å². The van der Waals surface area contributed by atoms with Crippen LogP contribution in [0.1, 0.15) is 18.1 Å². The van der Waals surface area contributed by atoms with Gasteiger partial charge in [-0.05, 0) is 36.6 Å². The molecule has 1 aliphatic heterocycles. The first-order valence-corrected chi connectivity index (χ1v) is 6.96. The minimum Gasteiger partial charge on any atom is -0.453 e. The Morgan fingerprint density at radius 1 is 1.33 bits per heavy atom. The molecule has 1 heterocycles. The number of amides is 2. The maximum absolute atomic E-state index is 11.6. The first-order valence-electron chi connectivity index (χ1n) is 6.96. The third-order valence-corrected chi connectivity index (χ3v) is 3.37. The van der Waals surface area contributed by atoms with Crippen molar-refractivity contribution >= 4 is 17.7 Å². The number of carbonyl (C=O) groups is 2. The summed E-state index contributed by atoms with van der Waals surface area (Å²) in [6, 6.07) is 5.75. The summed E-state index contributed by atoms with van der Waals surface area (Å²) in [6.07, 6.45) is 0.462. The molecule has 21 heavy (non-hydrogen) atoms. The van der Waals surface area contributed by atoms with Crippen molar-refractivity contribution in [2.24, 2.45) is 0 Å². The molecular formula is C15H20N2O4. The lowest BCUT2D eigenvalue weighted by Gasteiger charge is -2.28. The van der Waals surface area contributed by atoms with Crippen molar-refractivity contribution in [3.63, 3.8) is 0 Å². The van der Waals surface area contributed by atoms with Gasteiger partial charge in [0.25, 0.3) is 0 Å². The monoisotopic (exact) mass is 292 g/mol. The number of hydrogen-bond donors (Lipinski definition) is 1. The first-order chi connectivity index (χ1) is 10.1. The SMILES string of the molecule is CCOCC(=O)Nc1ccc2c(c1)CN(C(=O)OC)CC2. The zero-order valence-electron chi connectivity index (χ0n) is 12.3. The third-order valence-electron chi connectivity index (χ3n) is 3.37. The number of rotatable bonds is 4. The minimum absolute atomic E-state index is 0.0435. The van der Waals surface area contributed by atoms with Gasteiger partial charge >= 0.3 is 6.09 Å². The van der Waals surface area contributed by atoms with E-state index in [1.807, 2.05) is 25.1 Å². The first kappa shape index (κ1) is 15.3. The molecule has 0 aliphatic carbocycles. The van der Waals surface area contributed by atoms with E-state index in [1.165, 1.54) is 12.7 Å². The molecule has 1 aliphatic rings. The van der Waals surface area contributed by atoms with Gasteiger partial charge in [-0.2, -0.15) is 0 Å². The van der Waals surface area contributed by atoms with Gasteiger partial charge in [0.05, 0.1) is 7.11 Å². The summed E-state index contributed by atoms with van der Waals surface area (Å²) in [6.45, 7) is 3.54. The van der Waals surface area contributed by atoms with Crippen LogP contribution in [0.25, 0.3) is 0 Å². The Hall–Kier alpha value is -2.08. The molecule has 0 spiro atoms. The quantitative estimate of drug-likeness (QED) is 0.918. The number of anilines is 1. The lowest BCUT2D eigenvalue weighted by Crippen LogP contribution is -2.35. The van der Waals surface area contributed by atoms with Crippen molar-refractivity contribution in [2.45, 2.75) is 19.9 Å². The largest absolute Gasteiger partial charge is 0.453 e. The van der Waals surface area contributed by atoms with E-state index >= 15 is 0 Å². The number of nitrogens with one attached hydrogen (secondary N) is 1. The van der Waals surface area contributed by atoms with Gasteiger partial charge in [0.15, 0.2) is 0 Å². The predicted molar refractivity (Wildman–Crippen MR) is 78.1 cm³/mol. The predicted octanol–water partition coefficient (Wildman–Crippen LogP) is 1.79. The van der Waals surface area contributed by atoms with Crippen LogP contribution in [-0.2, 0) is 27.2 Å². The van der Waals surface area contributed by atoms with Gasteiger partial charge in [0.2, 0.25) is 5.91 Å². The molecule has 0 unspecified atom stereocenters. The zero-order chi connectivity index (χ0) is 15.2. The molecule has 0 atom stereocenters. The molecular weight excluding hydrogens is 272 g/mol. The van der Waals surface area contributed by atoms with Gasteiger partial charge in [-0.15, -0.1) is 0 Å². The highest BCUT2D eigenvalue weighted by molar-refractivity contribution is 5.91. The van der Waals surface area contributed by atoms with Crippen molar-refractivity contribution < 1.29 is 19.1 Å². The van der Waals surface area contributed by atoms with Crippen molar-refractivity contribution in [1.82, 2.24) is 4.90 Å². The number of benzene rings is 1. The molecule has 0 radical (unpaired) electrons. The van der Waals surface area contributed by atoms with Crippen LogP contribution in [-0.4, -0.2) is 43.8 Å². The van der Waals surface area contributed by atoms with Crippen LogP contribution in [0.3, 0.4) is 0 Å². The molecule has 0 saturated carbocycles.